The van der Waals surface area contributed by atoms with Crippen LogP contribution >= 0.6 is 12.2 Å². The second kappa shape index (κ2) is 6.89. The van der Waals surface area contributed by atoms with Crippen LogP contribution in [0.25, 0.3) is 11.4 Å². The van der Waals surface area contributed by atoms with Crippen LogP contribution in [0.2, 0.25) is 0 Å². The van der Waals surface area contributed by atoms with Crippen molar-refractivity contribution < 1.29 is 0 Å². The summed E-state index contributed by atoms with van der Waals surface area (Å²) in [5.41, 5.74) is 6.17. The molecule has 126 valence electrons. The van der Waals surface area contributed by atoms with Gasteiger partial charge in [0, 0.05) is 29.2 Å². The molecule has 3 aromatic rings. The van der Waals surface area contributed by atoms with Crippen molar-refractivity contribution in [3.05, 3.63) is 75.8 Å². The van der Waals surface area contributed by atoms with E-state index in [0.717, 1.165) is 35.4 Å². The minimum absolute atomic E-state index is 0.771. The second-order valence-corrected chi connectivity index (χ2v) is 7.07. The van der Waals surface area contributed by atoms with E-state index in [1.54, 1.807) is 0 Å². The quantitative estimate of drug-likeness (QED) is 0.631. The summed E-state index contributed by atoms with van der Waals surface area (Å²) in [6, 6.07) is 12.7. The molecule has 2 aromatic heterocycles. The largest absolute Gasteiger partial charge is 0.325 e. The van der Waals surface area contributed by atoms with Crippen LogP contribution in [-0.4, -0.2) is 14.5 Å². The molecule has 4 rings (SSSR count). The van der Waals surface area contributed by atoms with Crippen molar-refractivity contribution in [2.24, 2.45) is 0 Å². The average Bonchev–Trinajstić information content (AvgIpc) is 2.66. The lowest BCUT2D eigenvalue weighted by Crippen LogP contribution is -2.19. The lowest BCUT2D eigenvalue weighted by atomic mass is 9.96. The van der Waals surface area contributed by atoms with Gasteiger partial charge in [0.25, 0.3) is 0 Å². The first kappa shape index (κ1) is 16.2. The predicted octanol–water partition coefficient (Wildman–Crippen LogP) is 4.91. The minimum Gasteiger partial charge on any atom is -0.325 e. The Morgan fingerprint density at radius 3 is 2.64 bits per heavy atom. The first-order valence-electron chi connectivity index (χ1n) is 8.81. The van der Waals surface area contributed by atoms with Gasteiger partial charge in [-0.1, -0.05) is 48.1 Å². The molecule has 0 saturated carbocycles. The first-order valence-corrected chi connectivity index (χ1v) is 9.22. The van der Waals surface area contributed by atoms with Gasteiger partial charge in [-0.3, -0.25) is 4.98 Å². The zero-order valence-corrected chi connectivity index (χ0v) is 15.2. The van der Waals surface area contributed by atoms with Crippen LogP contribution < -0.4 is 0 Å². The molecule has 4 heteroatoms. The third-order valence-corrected chi connectivity index (χ3v) is 5.20. The van der Waals surface area contributed by atoms with E-state index in [-0.39, 0.29) is 0 Å². The van der Waals surface area contributed by atoms with Gasteiger partial charge < -0.3 is 4.57 Å². The van der Waals surface area contributed by atoms with Gasteiger partial charge in [-0.25, -0.2) is 4.98 Å². The second-order valence-electron chi connectivity index (χ2n) is 6.69. The zero-order chi connectivity index (χ0) is 17.2. The van der Waals surface area contributed by atoms with Gasteiger partial charge in [-0.15, -0.1) is 0 Å². The van der Waals surface area contributed by atoms with Crippen molar-refractivity contribution in [3.8, 4) is 11.4 Å². The van der Waals surface area contributed by atoms with E-state index in [9.17, 15) is 0 Å². The van der Waals surface area contributed by atoms with Gasteiger partial charge in [0.05, 0.1) is 6.54 Å². The van der Waals surface area contributed by atoms with Crippen LogP contribution in [0, 0.1) is 11.6 Å². The molecule has 0 aliphatic heterocycles. The van der Waals surface area contributed by atoms with E-state index in [2.05, 4.69) is 46.8 Å². The fourth-order valence-electron chi connectivity index (χ4n) is 3.54. The molecular weight excluding hydrogens is 326 g/mol. The van der Waals surface area contributed by atoms with Crippen molar-refractivity contribution in [2.75, 3.05) is 0 Å². The fraction of sp³-hybridized carbons (Fsp3) is 0.286. The number of hydrogen-bond donors (Lipinski definition) is 0. The number of nitrogens with zero attached hydrogens (tertiary/aromatic N) is 3. The predicted molar refractivity (Wildman–Crippen MR) is 103 cm³/mol. The molecule has 1 aliphatic rings. The molecule has 0 spiro atoms. The van der Waals surface area contributed by atoms with Crippen molar-refractivity contribution in [1.29, 1.82) is 0 Å². The van der Waals surface area contributed by atoms with E-state index in [0.29, 0.717) is 0 Å². The van der Waals surface area contributed by atoms with Gasteiger partial charge in [-0.05, 0) is 44.2 Å². The summed E-state index contributed by atoms with van der Waals surface area (Å²) in [5, 5.41) is 0. The summed E-state index contributed by atoms with van der Waals surface area (Å²) in [7, 11) is 0. The molecule has 25 heavy (non-hydrogen) atoms. The number of rotatable bonds is 3. The average molecular weight is 347 g/mol. The maximum atomic E-state index is 5.64. The third kappa shape index (κ3) is 3.27. The Hall–Kier alpha value is -2.33. The Labute approximate surface area is 153 Å². The fourth-order valence-corrected chi connectivity index (χ4v) is 3.84. The lowest BCUT2D eigenvalue weighted by molar-refractivity contribution is 0.603. The molecule has 2 heterocycles. The van der Waals surface area contributed by atoms with Crippen LogP contribution in [0.15, 0.2) is 48.8 Å². The molecule has 0 atom stereocenters. The van der Waals surface area contributed by atoms with Crippen LogP contribution in [0.5, 0.6) is 0 Å². The highest BCUT2D eigenvalue weighted by Gasteiger charge is 2.19. The van der Waals surface area contributed by atoms with E-state index in [4.69, 9.17) is 17.2 Å². The normalized spacial score (nSPS) is 13.5. The summed E-state index contributed by atoms with van der Waals surface area (Å²) in [6.07, 6.45) is 8.28. The van der Waals surface area contributed by atoms with E-state index >= 15 is 0 Å². The van der Waals surface area contributed by atoms with Crippen molar-refractivity contribution >= 4 is 12.2 Å². The number of hydrogen-bond acceptors (Lipinski definition) is 3. The Balaban J connectivity index is 1.91. The zero-order valence-electron chi connectivity index (χ0n) is 14.4. The summed E-state index contributed by atoms with van der Waals surface area (Å²) >= 11 is 5.64. The van der Waals surface area contributed by atoms with Gasteiger partial charge >= 0.3 is 0 Å². The molecule has 1 aromatic carbocycles. The smallest absolute Gasteiger partial charge is 0.142 e. The third-order valence-electron chi connectivity index (χ3n) is 4.86. The molecule has 0 amide bonds. The monoisotopic (exact) mass is 347 g/mol. The standard InChI is InChI=1S/C21H21N3S/c1-15-8-10-17(11-9-15)20-23-21(25)18-6-2-3-7-19(18)24(20)14-16-5-4-12-22-13-16/h4-5,8-13H,2-3,6-7,14H2,1H3. The molecule has 0 bridgehead atoms. The lowest BCUT2D eigenvalue weighted by Gasteiger charge is -2.24. The van der Waals surface area contributed by atoms with Gasteiger partial charge in [0.1, 0.15) is 10.5 Å². The SMILES string of the molecule is Cc1ccc(-c2nc(=S)c3c(n2Cc2cccnc2)CCCC3)cc1. The molecule has 0 radical (unpaired) electrons. The molecular formula is C21H21N3S. The Kier molecular flexibility index (Phi) is 4.45. The first-order chi connectivity index (χ1) is 12.2. The maximum absolute atomic E-state index is 5.64. The summed E-state index contributed by atoms with van der Waals surface area (Å²) in [5.74, 6) is 0.967. The highest BCUT2D eigenvalue weighted by atomic mass is 32.1. The summed E-state index contributed by atoms with van der Waals surface area (Å²) in [6.45, 7) is 2.88. The van der Waals surface area contributed by atoms with Crippen LogP contribution in [-0.2, 0) is 19.4 Å². The van der Waals surface area contributed by atoms with Gasteiger partial charge in [-0.2, -0.15) is 0 Å². The summed E-state index contributed by atoms with van der Waals surface area (Å²) < 4.78 is 3.12. The van der Waals surface area contributed by atoms with E-state index < -0.39 is 0 Å². The topological polar surface area (TPSA) is 30.7 Å². The highest BCUT2D eigenvalue weighted by molar-refractivity contribution is 7.71. The van der Waals surface area contributed by atoms with E-state index in [1.807, 2.05) is 18.5 Å². The number of aryl methyl sites for hydroxylation is 1. The van der Waals surface area contributed by atoms with Gasteiger partial charge in [0.2, 0.25) is 0 Å². The van der Waals surface area contributed by atoms with Crippen molar-refractivity contribution in [1.82, 2.24) is 14.5 Å². The molecule has 0 N–H and O–H groups in total. The maximum Gasteiger partial charge on any atom is 0.142 e. The number of benzene rings is 1. The Morgan fingerprint density at radius 1 is 1.08 bits per heavy atom. The molecule has 1 aliphatic carbocycles. The summed E-state index contributed by atoms with van der Waals surface area (Å²) in [4.78, 5) is 9.11. The molecule has 0 saturated heterocycles. The number of pyridine rings is 1. The van der Waals surface area contributed by atoms with Crippen molar-refractivity contribution in [3.63, 3.8) is 0 Å². The van der Waals surface area contributed by atoms with Crippen LogP contribution in [0.3, 0.4) is 0 Å². The van der Waals surface area contributed by atoms with Crippen LogP contribution in [0.1, 0.15) is 35.2 Å². The number of aromatic nitrogens is 3. The molecule has 0 fully saturated rings. The molecule has 0 unspecified atom stereocenters. The molecule has 3 nitrogen and oxygen atoms in total. The number of fused-ring (bicyclic) bond motifs is 1. The Morgan fingerprint density at radius 2 is 1.88 bits per heavy atom. The highest BCUT2D eigenvalue weighted by Crippen LogP contribution is 2.28. The van der Waals surface area contributed by atoms with Crippen LogP contribution in [0.4, 0.5) is 0 Å². The minimum atomic E-state index is 0.771. The van der Waals surface area contributed by atoms with E-state index in [1.165, 1.54) is 35.2 Å². The Bertz CT molecular complexity index is 943. The van der Waals surface area contributed by atoms with Crippen molar-refractivity contribution in [2.45, 2.75) is 39.2 Å². The van der Waals surface area contributed by atoms with Gasteiger partial charge in [0.15, 0.2) is 0 Å².